The first-order valence-electron chi connectivity index (χ1n) is 8.78. The highest BCUT2D eigenvalue weighted by Crippen LogP contribution is 2.22. The second kappa shape index (κ2) is 7.23. The summed E-state index contributed by atoms with van der Waals surface area (Å²) in [4.78, 5) is 14.1. The maximum atomic E-state index is 12.6. The van der Waals surface area contributed by atoms with Gasteiger partial charge in [-0.2, -0.15) is 4.31 Å². The van der Waals surface area contributed by atoms with E-state index in [0.717, 1.165) is 37.9 Å². The van der Waals surface area contributed by atoms with E-state index in [1.807, 2.05) is 23.1 Å². The molecule has 1 saturated heterocycles. The first kappa shape index (κ1) is 17.4. The summed E-state index contributed by atoms with van der Waals surface area (Å²) in [7, 11) is -3.38. The predicted molar refractivity (Wildman–Crippen MR) is 93.9 cm³/mol. The molecule has 1 fully saturated rings. The minimum Gasteiger partial charge on any atom is -0.343 e. The molecule has 5 nitrogen and oxygen atoms in total. The Labute approximate surface area is 144 Å². The van der Waals surface area contributed by atoms with E-state index in [0.29, 0.717) is 19.0 Å². The third-order valence-corrected chi connectivity index (χ3v) is 7.02. The molecule has 1 aromatic rings. The third kappa shape index (κ3) is 3.98. The van der Waals surface area contributed by atoms with Gasteiger partial charge in [0.25, 0.3) is 0 Å². The van der Waals surface area contributed by atoms with E-state index in [2.05, 4.69) is 13.0 Å². The molecule has 0 spiro atoms. The van der Waals surface area contributed by atoms with Crippen LogP contribution in [0.25, 0.3) is 0 Å². The van der Waals surface area contributed by atoms with E-state index in [4.69, 9.17) is 0 Å². The van der Waals surface area contributed by atoms with Crippen molar-refractivity contribution in [3.63, 3.8) is 0 Å². The molecule has 0 radical (unpaired) electrons. The lowest BCUT2D eigenvalue weighted by atomic mass is 9.99. The van der Waals surface area contributed by atoms with Crippen LogP contribution in [-0.4, -0.2) is 48.9 Å². The molecular formula is C18H26N2O3S. The first-order chi connectivity index (χ1) is 11.5. The molecule has 2 heterocycles. The van der Waals surface area contributed by atoms with Gasteiger partial charge >= 0.3 is 0 Å². The number of amides is 1. The Bertz CT molecular complexity index is 694. The summed E-state index contributed by atoms with van der Waals surface area (Å²) in [5, 5.41) is 0. The highest BCUT2D eigenvalue weighted by atomic mass is 32.2. The van der Waals surface area contributed by atoms with E-state index in [1.54, 1.807) is 0 Å². The van der Waals surface area contributed by atoms with Crippen molar-refractivity contribution in [3.05, 3.63) is 35.4 Å². The van der Waals surface area contributed by atoms with Crippen LogP contribution >= 0.6 is 0 Å². The van der Waals surface area contributed by atoms with Gasteiger partial charge in [0, 0.05) is 32.6 Å². The maximum absolute atomic E-state index is 12.6. The Balaban J connectivity index is 1.56. The Hall–Kier alpha value is -1.40. The number of nitrogens with zero attached hydrogens (tertiary/aromatic N) is 2. The molecular weight excluding hydrogens is 324 g/mol. The predicted octanol–water partition coefficient (Wildman–Crippen LogP) is 2.02. The molecule has 1 aromatic carbocycles. The van der Waals surface area contributed by atoms with Gasteiger partial charge < -0.3 is 4.90 Å². The van der Waals surface area contributed by atoms with Crippen LogP contribution in [-0.2, 0) is 27.8 Å². The monoisotopic (exact) mass is 350 g/mol. The molecule has 0 atom stereocenters. The summed E-state index contributed by atoms with van der Waals surface area (Å²) in [5.74, 6) is 0.550. The number of rotatable bonds is 4. The van der Waals surface area contributed by atoms with E-state index in [-0.39, 0.29) is 18.1 Å². The lowest BCUT2D eigenvalue weighted by Crippen LogP contribution is -2.41. The minimum absolute atomic E-state index is 0.0251. The lowest BCUT2D eigenvalue weighted by Gasteiger charge is -2.31. The van der Waals surface area contributed by atoms with Crippen LogP contribution in [0.5, 0.6) is 0 Å². The van der Waals surface area contributed by atoms with Crippen LogP contribution in [0.4, 0.5) is 0 Å². The normalized spacial score (nSPS) is 20.0. The summed E-state index contributed by atoms with van der Waals surface area (Å²) in [6, 6.07) is 7.97. The molecule has 1 amide bonds. The number of carbonyl (C=O) groups is 1. The van der Waals surface area contributed by atoms with E-state index in [9.17, 15) is 13.2 Å². The number of benzene rings is 1. The number of fused-ring (bicyclic) bond motifs is 1. The SMILES string of the molecule is CC1CCN(C(=O)CCS(=O)(=O)N2CCc3ccccc3C2)CC1. The fraction of sp³-hybridized carbons (Fsp3) is 0.611. The van der Waals surface area contributed by atoms with Crippen molar-refractivity contribution >= 4 is 15.9 Å². The van der Waals surface area contributed by atoms with Gasteiger partial charge in [0.1, 0.15) is 0 Å². The zero-order chi connectivity index (χ0) is 17.2. The van der Waals surface area contributed by atoms with Crippen molar-refractivity contribution in [2.24, 2.45) is 5.92 Å². The molecule has 0 bridgehead atoms. The average Bonchev–Trinajstić information content (AvgIpc) is 2.60. The Morgan fingerprint density at radius 2 is 1.79 bits per heavy atom. The number of likely N-dealkylation sites (tertiary alicyclic amines) is 1. The van der Waals surface area contributed by atoms with Gasteiger partial charge in [-0.15, -0.1) is 0 Å². The van der Waals surface area contributed by atoms with Crippen molar-refractivity contribution in [3.8, 4) is 0 Å². The highest BCUT2D eigenvalue weighted by Gasteiger charge is 2.28. The van der Waals surface area contributed by atoms with Crippen LogP contribution in [0.3, 0.4) is 0 Å². The van der Waals surface area contributed by atoms with Gasteiger partial charge in [-0.3, -0.25) is 4.79 Å². The summed E-state index contributed by atoms with van der Waals surface area (Å²) in [6.07, 6.45) is 2.87. The molecule has 3 rings (SSSR count). The van der Waals surface area contributed by atoms with Crippen molar-refractivity contribution in [2.75, 3.05) is 25.4 Å². The van der Waals surface area contributed by atoms with Crippen LogP contribution in [0.1, 0.15) is 37.3 Å². The number of sulfonamides is 1. The van der Waals surface area contributed by atoms with E-state index >= 15 is 0 Å². The van der Waals surface area contributed by atoms with Crippen molar-refractivity contribution in [1.29, 1.82) is 0 Å². The molecule has 2 aliphatic rings. The fourth-order valence-electron chi connectivity index (χ4n) is 3.47. The van der Waals surface area contributed by atoms with Gasteiger partial charge in [0.15, 0.2) is 0 Å². The summed E-state index contributed by atoms with van der Waals surface area (Å²) in [6.45, 7) is 4.65. The number of carbonyl (C=O) groups excluding carboxylic acids is 1. The minimum atomic E-state index is -3.38. The van der Waals surface area contributed by atoms with Crippen molar-refractivity contribution in [1.82, 2.24) is 9.21 Å². The van der Waals surface area contributed by atoms with Crippen molar-refractivity contribution < 1.29 is 13.2 Å². The van der Waals surface area contributed by atoms with E-state index < -0.39 is 10.0 Å². The molecule has 0 saturated carbocycles. The molecule has 0 aliphatic carbocycles. The molecule has 6 heteroatoms. The second-order valence-electron chi connectivity index (χ2n) is 6.98. The first-order valence-corrected chi connectivity index (χ1v) is 10.4. The standard InChI is InChI=1S/C18H26N2O3S/c1-15-6-10-19(11-7-15)18(21)9-13-24(22,23)20-12-8-16-4-2-3-5-17(16)14-20/h2-5,15H,6-14H2,1H3. The Kier molecular flexibility index (Phi) is 5.25. The third-order valence-electron chi connectivity index (χ3n) is 5.20. The van der Waals surface area contributed by atoms with Crippen LogP contribution in [0, 0.1) is 5.92 Å². The van der Waals surface area contributed by atoms with Gasteiger partial charge in [0.2, 0.25) is 15.9 Å². The van der Waals surface area contributed by atoms with Crippen LogP contribution < -0.4 is 0 Å². The van der Waals surface area contributed by atoms with Gasteiger partial charge in [-0.05, 0) is 36.3 Å². The van der Waals surface area contributed by atoms with Crippen LogP contribution in [0.2, 0.25) is 0 Å². The number of hydrogen-bond acceptors (Lipinski definition) is 3. The quantitative estimate of drug-likeness (QED) is 0.835. The van der Waals surface area contributed by atoms with Gasteiger partial charge in [-0.25, -0.2) is 8.42 Å². The zero-order valence-electron chi connectivity index (χ0n) is 14.3. The topological polar surface area (TPSA) is 57.7 Å². The number of hydrogen-bond donors (Lipinski definition) is 0. The summed E-state index contributed by atoms with van der Waals surface area (Å²) >= 11 is 0. The molecule has 0 aromatic heterocycles. The van der Waals surface area contributed by atoms with E-state index in [1.165, 1.54) is 9.87 Å². The molecule has 2 aliphatic heterocycles. The van der Waals surface area contributed by atoms with Gasteiger partial charge in [-0.1, -0.05) is 31.2 Å². The molecule has 0 N–H and O–H groups in total. The second-order valence-corrected chi connectivity index (χ2v) is 9.07. The van der Waals surface area contributed by atoms with Crippen molar-refractivity contribution in [2.45, 2.75) is 39.2 Å². The maximum Gasteiger partial charge on any atom is 0.223 e. The van der Waals surface area contributed by atoms with Crippen LogP contribution in [0.15, 0.2) is 24.3 Å². The summed E-state index contributed by atoms with van der Waals surface area (Å²) < 4.78 is 26.7. The van der Waals surface area contributed by atoms with Gasteiger partial charge in [0.05, 0.1) is 5.75 Å². The smallest absolute Gasteiger partial charge is 0.223 e. The highest BCUT2D eigenvalue weighted by molar-refractivity contribution is 7.89. The molecule has 24 heavy (non-hydrogen) atoms. The largest absolute Gasteiger partial charge is 0.343 e. The number of piperidine rings is 1. The molecule has 132 valence electrons. The Morgan fingerprint density at radius 3 is 2.50 bits per heavy atom. The summed E-state index contributed by atoms with van der Waals surface area (Å²) in [5.41, 5.74) is 2.30. The fourth-order valence-corrected chi connectivity index (χ4v) is 4.86. The lowest BCUT2D eigenvalue weighted by molar-refractivity contribution is -0.132. The zero-order valence-corrected chi connectivity index (χ0v) is 15.1. The Morgan fingerprint density at radius 1 is 1.12 bits per heavy atom. The molecule has 0 unspecified atom stereocenters. The average molecular weight is 350 g/mol.